The predicted molar refractivity (Wildman–Crippen MR) is 62.4 cm³/mol. The smallest absolute Gasteiger partial charge is 0.335 e. The summed E-state index contributed by atoms with van der Waals surface area (Å²) in [6, 6.07) is 5.21. The van der Waals surface area contributed by atoms with Gasteiger partial charge in [0.2, 0.25) is 5.88 Å². The maximum Gasteiger partial charge on any atom is 0.335 e. The van der Waals surface area contributed by atoms with E-state index in [0.29, 0.717) is 11.8 Å². The number of aryl methyl sites for hydroxylation is 1. The lowest BCUT2D eigenvalue weighted by atomic mass is 10.2. The van der Waals surface area contributed by atoms with E-state index < -0.39 is 17.6 Å². The second-order valence-electron chi connectivity index (χ2n) is 3.85. The van der Waals surface area contributed by atoms with Crippen LogP contribution in [0.4, 0.5) is 8.78 Å². The topological polar surface area (TPSA) is 59.4 Å². The second kappa shape index (κ2) is 5.01. The molecule has 0 atom stereocenters. The van der Waals surface area contributed by atoms with Gasteiger partial charge in [0.1, 0.15) is 17.4 Å². The van der Waals surface area contributed by atoms with E-state index in [1.807, 2.05) is 0 Å². The first-order valence-corrected chi connectivity index (χ1v) is 5.30. The van der Waals surface area contributed by atoms with Gasteiger partial charge in [0.25, 0.3) is 0 Å². The molecular weight excluding hydrogens is 256 g/mol. The molecule has 0 aliphatic carbocycles. The first-order valence-electron chi connectivity index (χ1n) is 5.30. The number of aromatic nitrogens is 1. The Balaban J connectivity index is 2.35. The molecule has 0 saturated heterocycles. The average molecular weight is 265 g/mol. The lowest BCUT2D eigenvalue weighted by Crippen LogP contribution is -2.00. The Hall–Kier alpha value is -2.50. The third-order valence-electron chi connectivity index (χ3n) is 2.24. The highest BCUT2D eigenvalue weighted by molar-refractivity contribution is 5.88. The fraction of sp³-hybridized carbons (Fsp3) is 0.0769. The number of hydrogen-bond acceptors (Lipinski definition) is 3. The summed E-state index contributed by atoms with van der Waals surface area (Å²) in [4.78, 5) is 14.8. The summed E-state index contributed by atoms with van der Waals surface area (Å²) in [5.41, 5.74) is 0.408. The molecule has 4 nitrogen and oxygen atoms in total. The van der Waals surface area contributed by atoms with Gasteiger partial charge in [-0.1, -0.05) is 0 Å². The monoisotopic (exact) mass is 265 g/mol. The number of rotatable bonds is 3. The van der Waals surface area contributed by atoms with E-state index in [9.17, 15) is 13.6 Å². The number of aromatic carboxylic acids is 1. The molecule has 2 rings (SSSR count). The molecule has 1 heterocycles. The van der Waals surface area contributed by atoms with Crippen LogP contribution in [0.25, 0.3) is 0 Å². The van der Waals surface area contributed by atoms with Gasteiger partial charge in [-0.15, -0.1) is 0 Å². The minimum Gasteiger partial charge on any atom is -0.478 e. The molecule has 6 heteroatoms. The van der Waals surface area contributed by atoms with E-state index >= 15 is 0 Å². The van der Waals surface area contributed by atoms with Crippen LogP contribution in [-0.4, -0.2) is 16.1 Å². The number of benzene rings is 1. The highest BCUT2D eigenvalue weighted by Crippen LogP contribution is 2.23. The van der Waals surface area contributed by atoms with Crippen molar-refractivity contribution in [3.8, 4) is 11.6 Å². The number of ether oxygens (including phenoxy) is 1. The number of carboxylic acid groups (broad SMARTS) is 1. The van der Waals surface area contributed by atoms with Gasteiger partial charge in [0.05, 0.1) is 5.56 Å². The summed E-state index contributed by atoms with van der Waals surface area (Å²) in [7, 11) is 0. The molecule has 19 heavy (non-hydrogen) atoms. The Morgan fingerprint density at radius 3 is 2.37 bits per heavy atom. The van der Waals surface area contributed by atoms with Crippen LogP contribution in [0.15, 0.2) is 30.3 Å². The van der Waals surface area contributed by atoms with Crippen molar-refractivity contribution in [1.29, 1.82) is 0 Å². The van der Waals surface area contributed by atoms with Crippen molar-refractivity contribution in [1.82, 2.24) is 4.98 Å². The molecule has 1 aromatic heterocycles. The lowest BCUT2D eigenvalue weighted by molar-refractivity contribution is 0.0696. The third-order valence-corrected chi connectivity index (χ3v) is 2.24. The van der Waals surface area contributed by atoms with E-state index in [1.165, 1.54) is 12.1 Å². The first-order chi connectivity index (χ1) is 8.94. The molecule has 0 radical (unpaired) electrons. The zero-order valence-electron chi connectivity index (χ0n) is 9.85. The van der Waals surface area contributed by atoms with Crippen LogP contribution in [0.5, 0.6) is 11.6 Å². The van der Waals surface area contributed by atoms with Crippen molar-refractivity contribution in [2.24, 2.45) is 0 Å². The molecule has 0 fully saturated rings. The number of pyridine rings is 1. The summed E-state index contributed by atoms with van der Waals surface area (Å²) in [5, 5.41) is 8.88. The standard InChI is InChI=1S/C13H9F2NO3/c1-7-2-8(13(17)18)3-12(16-7)19-11-5-9(14)4-10(15)6-11/h2-6H,1H3,(H,17,18). The highest BCUT2D eigenvalue weighted by atomic mass is 19.1. The second-order valence-corrected chi connectivity index (χ2v) is 3.85. The molecule has 0 aliphatic heterocycles. The zero-order valence-corrected chi connectivity index (χ0v) is 9.85. The molecule has 1 aromatic carbocycles. The largest absolute Gasteiger partial charge is 0.478 e. The first kappa shape index (κ1) is 12.9. The van der Waals surface area contributed by atoms with Gasteiger partial charge >= 0.3 is 5.97 Å². The molecule has 0 aliphatic rings. The average Bonchev–Trinajstić information content (AvgIpc) is 2.26. The van der Waals surface area contributed by atoms with Crippen molar-refractivity contribution in [3.05, 3.63) is 53.2 Å². The maximum absolute atomic E-state index is 13.0. The van der Waals surface area contributed by atoms with Crippen molar-refractivity contribution >= 4 is 5.97 Å². The van der Waals surface area contributed by atoms with Crippen molar-refractivity contribution in [3.63, 3.8) is 0 Å². The number of carboxylic acids is 1. The summed E-state index contributed by atoms with van der Waals surface area (Å²) in [5.74, 6) is -2.85. The molecule has 0 spiro atoms. The zero-order chi connectivity index (χ0) is 14.0. The van der Waals surface area contributed by atoms with Crippen LogP contribution in [0.3, 0.4) is 0 Å². The maximum atomic E-state index is 13.0. The molecule has 0 amide bonds. The van der Waals surface area contributed by atoms with Crippen LogP contribution in [0.2, 0.25) is 0 Å². The van der Waals surface area contributed by atoms with E-state index in [-0.39, 0.29) is 17.2 Å². The highest BCUT2D eigenvalue weighted by Gasteiger charge is 2.09. The van der Waals surface area contributed by atoms with Crippen LogP contribution < -0.4 is 4.74 Å². The minimum absolute atomic E-state index is 0.0145. The third kappa shape index (κ3) is 3.25. The number of nitrogens with zero attached hydrogens (tertiary/aromatic N) is 1. The van der Waals surface area contributed by atoms with Gasteiger partial charge in [0, 0.05) is 30.0 Å². The Morgan fingerprint density at radius 2 is 1.79 bits per heavy atom. The van der Waals surface area contributed by atoms with E-state index in [4.69, 9.17) is 9.84 Å². The fourth-order valence-electron chi connectivity index (χ4n) is 1.52. The SMILES string of the molecule is Cc1cc(C(=O)O)cc(Oc2cc(F)cc(F)c2)n1. The number of halogens is 2. The van der Waals surface area contributed by atoms with Crippen molar-refractivity contribution < 1.29 is 23.4 Å². The quantitative estimate of drug-likeness (QED) is 0.926. The van der Waals surface area contributed by atoms with E-state index in [1.54, 1.807) is 6.92 Å². The van der Waals surface area contributed by atoms with Gasteiger partial charge in [-0.25, -0.2) is 18.6 Å². The van der Waals surface area contributed by atoms with Gasteiger partial charge in [-0.2, -0.15) is 0 Å². The number of hydrogen-bond donors (Lipinski definition) is 1. The number of carbonyl (C=O) groups is 1. The normalized spacial score (nSPS) is 10.3. The Bertz CT molecular complexity index is 624. The van der Waals surface area contributed by atoms with Crippen LogP contribution in [-0.2, 0) is 0 Å². The van der Waals surface area contributed by atoms with Crippen LogP contribution in [0.1, 0.15) is 16.1 Å². The molecule has 0 unspecified atom stereocenters. The fourth-order valence-corrected chi connectivity index (χ4v) is 1.52. The lowest BCUT2D eigenvalue weighted by Gasteiger charge is -2.07. The molecule has 2 aromatic rings. The summed E-state index contributed by atoms with van der Waals surface area (Å²) < 4.78 is 31.1. The minimum atomic E-state index is -1.14. The van der Waals surface area contributed by atoms with Gasteiger partial charge < -0.3 is 9.84 Å². The Kier molecular flexibility index (Phi) is 3.41. The van der Waals surface area contributed by atoms with E-state index in [2.05, 4.69) is 4.98 Å². The summed E-state index contributed by atoms with van der Waals surface area (Å²) in [6.45, 7) is 1.59. The van der Waals surface area contributed by atoms with Crippen LogP contribution in [0, 0.1) is 18.6 Å². The molecular formula is C13H9F2NO3. The van der Waals surface area contributed by atoms with Gasteiger partial charge in [-0.05, 0) is 13.0 Å². The molecule has 1 N–H and O–H groups in total. The summed E-state index contributed by atoms with van der Waals surface area (Å²) in [6.07, 6.45) is 0. The summed E-state index contributed by atoms with van der Waals surface area (Å²) >= 11 is 0. The van der Waals surface area contributed by atoms with Crippen molar-refractivity contribution in [2.45, 2.75) is 6.92 Å². The molecule has 0 saturated carbocycles. The Morgan fingerprint density at radius 1 is 1.16 bits per heavy atom. The predicted octanol–water partition coefficient (Wildman–Crippen LogP) is 3.16. The van der Waals surface area contributed by atoms with E-state index in [0.717, 1.165) is 12.1 Å². The Labute approximate surface area is 107 Å². The van der Waals surface area contributed by atoms with Gasteiger partial charge in [-0.3, -0.25) is 0 Å². The van der Waals surface area contributed by atoms with Crippen LogP contribution >= 0.6 is 0 Å². The molecule has 0 bridgehead atoms. The van der Waals surface area contributed by atoms with Gasteiger partial charge in [0.15, 0.2) is 0 Å². The molecule has 98 valence electrons. The van der Waals surface area contributed by atoms with Crippen molar-refractivity contribution in [2.75, 3.05) is 0 Å².